The molecule has 26 heavy (non-hydrogen) atoms. The molecule has 1 N–H and O–H groups in total. The van der Waals surface area contributed by atoms with E-state index in [4.69, 9.17) is 4.74 Å². The van der Waals surface area contributed by atoms with Crippen LogP contribution in [0.4, 0.5) is 0 Å². The van der Waals surface area contributed by atoms with Gasteiger partial charge in [-0.15, -0.1) is 11.8 Å². The third-order valence-electron chi connectivity index (χ3n) is 5.49. The number of allylic oxidation sites excluding steroid dienone is 2. The zero-order chi connectivity index (χ0) is 17.9. The van der Waals surface area contributed by atoms with Crippen LogP contribution in [-0.4, -0.2) is 43.4 Å². The second kappa shape index (κ2) is 8.10. The summed E-state index contributed by atoms with van der Waals surface area (Å²) in [7, 11) is 2.06. The van der Waals surface area contributed by atoms with E-state index in [0.29, 0.717) is 6.04 Å². The Labute approximate surface area is 161 Å². The Morgan fingerprint density at radius 3 is 2.73 bits per heavy atom. The molecule has 3 nitrogen and oxygen atoms in total. The van der Waals surface area contributed by atoms with E-state index in [2.05, 4.69) is 54.5 Å². The van der Waals surface area contributed by atoms with Gasteiger partial charge in [0.1, 0.15) is 5.75 Å². The van der Waals surface area contributed by atoms with Gasteiger partial charge in [-0.3, -0.25) is 0 Å². The van der Waals surface area contributed by atoms with E-state index in [0.717, 1.165) is 24.0 Å². The van der Waals surface area contributed by atoms with E-state index in [1.54, 1.807) is 0 Å². The highest BCUT2D eigenvalue weighted by Gasteiger charge is 2.27. The van der Waals surface area contributed by atoms with Gasteiger partial charge in [-0.1, -0.05) is 13.0 Å². The van der Waals surface area contributed by atoms with Gasteiger partial charge in [0, 0.05) is 29.2 Å². The summed E-state index contributed by atoms with van der Waals surface area (Å²) in [4.78, 5) is 3.87. The molecule has 1 unspecified atom stereocenters. The molecule has 0 radical (unpaired) electrons. The van der Waals surface area contributed by atoms with Crippen LogP contribution in [0.3, 0.4) is 0 Å². The number of thioether (sulfide) groups is 1. The minimum Gasteiger partial charge on any atom is -0.493 e. The molecule has 1 aromatic rings. The summed E-state index contributed by atoms with van der Waals surface area (Å²) in [5.41, 5.74) is 3.97. The molecule has 4 heteroatoms. The molecule has 1 aromatic carbocycles. The van der Waals surface area contributed by atoms with Crippen LogP contribution in [0.2, 0.25) is 0 Å². The zero-order valence-corrected chi connectivity index (χ0v) is 16.8. The van der Waals surface area contributed by atoms with Gasteiger partial charge >= 0.3 is 0 Å². The predicted octanol–water partition coefficient (Wildman–Crippen LogP) is 4.55. The minimum atomic E-state index is 0.307. The highest BCUT2D eigenvalue weighted by atomic mass is 32.2. The summed E-state index contributed by atoms with van der Waals surface area (Å²) >= 11 is 1.90. The number of rotatable bonds is 8. The van der Waals surface area contributed by atoms with Crippen molar-refractivity contribution in [1.29, 1.82) is 0 Å². The van der Waals surface area contributed by atoms with Gasteiger partial charge in [0.25, 0.3) is 0 Å². The van der Waals surface area contributed by atoms with Crippen LogP contribution in [-0.2, 0) is 0 Å². The first-order valence-corrected chi connectivity index (χ1v) is 11.0. The average Bonchev–Trinajstić information content (AvgIpc) is 3.16. The summed E-state index contributed by atoms with van der Waals surface area (Å²) in [6, 6.07) is 7.00. The zero-order valence-electron chi connectivity index (χ0n) is 16.0. The van der Waals surface area contributed by atoms with Gasteiger partial charge in [-0.05, 0) is 74.2 Å². The topological polar surface area (TPSA) is 24.5 Å². The van der Waals surface area contributed by atoms with Crippen LogP contribution in [0.25, 0.3) is 5.57 Å². The van der Waals surface area contributed by atoms with E-state index >= 15 is 0 Å². The number of hydrogen-bond donors (Lipinski definition) is 1. The molecule has 1 aliphatic heterocycles. The van der Waals surface area contributed by atoms with E-state index in [1.165, 1.54) is 60.5 Å². The van der Waals surface area contributed by atoms with Gasteiger partial charge in [0.15, 0.2) is 0 Å². The number of nitrogens with zero attached hydrogens (tertiary/aromatic N) is 1. The van der Waals surface area contributed by atoms with E-state index in [1.807, 2.05) is 11.8 Å². The lowest BCUT2D eigenvalue weighted by molar-refractivity contribution is 0.299. The number of likely N-dealkylation sites (tertiary alicyclic amines) is 1. The van der Waals surface area contributed by atoms with Crippen molar-refractivity contribution in [2.24, 2.45) is 5.92 Å². The molecule has 4 rings (SSSR count). The average molecular weight is 371 g/mol. The Kier molecular flexibility index (Phi) is 5.60. The molecule has 1 heterocycles. The monoisotopic (exact) mass is 370 g/mol. The van der Waals surface area contributed by atoms with Crippen molar-refractivity contribution < 1.29 is 4.74 Å². The van der Waals surface area contributed by atoms with Gasteiger partial charge in [0.2, 0.25) is 0 Å². The lowest BCUT2D eigenvalue weighted by Gasteiger charge is -2.24. The van der Waals surface area contributed by atoms with E-state index in [9.17, 15) is 0 Å². The first-order chi connectivity index (χ1) is 12.8. The van der Waals surface area contributed by atoms with Crippen molar-refractivity contribution in [3.63, 3.8) is 0 Å². The van der Waals surface area contributed by atoms with Crippen LogP contribution in [0.15, 0.2) is 40.9 Å². The molecule has 2 aliphatic carbocycles. The Morgan fingerprint density at radius 1 is 1.23 bits per heavy atom. The first-order valence-electron chi connectivity index (χ1n) is 10.0. The second-order valence-electron chi connectivity index (χ2n) is 7.50. The third-order valence-corrected chi connectivity index (χ3v) is 6.37. The highest BCUT2D eigenvalue weighted by molar-refractivity contribution is 7.99. The predicted molar refractivity (Wildman–Crippen MR) is 111 cm³/mol. The van der Waals surface area contributed by atoms with Crippen molar-refractivity contribution in [2.75, 3.05) is 32.5 Å². The molecular formula is C22H30N2OS. The molecule has 1 atom stereocenters. The third kappa shape index (κ3) is 3.96. The fraction of sp³-hybridized carbons (Fsp3) is 0.545. The van der Waals surface area contributed by atoms with Crippen molar-refractivity contribution >= 4 is 17.3 Å². The molecule has 0 spiro atoms. The van der Waals surface area contributed by atoms with E-state index < -0.39 is 0 Å². The van der Waals surface area contributed by atoms with Gasteiger partial charge in [-0.2, -0.15) is 0 Å². The summed E-state index contributed by atoms with van der Waals surface area (Å²) < 4.78 is 6.22. The van der Waals surface area contributed by atoms with Gasteiger partial charge < -0.3 is 15.0 Å². The number of benzene rings is 1. The number of likely N-dealkylation sites (N-methyl/N-ethyl adjacent to an activating group) is 1. The van der Waals surface area contributed by atoms with E-state index in [-0.39, 0.29) is 0 Å². The van der Waals surface area contributed by atoms with Crippen molar-refractivity contribution in [3.8, 4) is 5.75 Å². The van der Waals surface area contributed by atoms with Crippen LogP contribution >= 0.6 is 11.8 Å². The Hall–Kier alpha value is -1.39. The molecule has 1 saturated carbocycles. The molecule has 0 amide bonds. The first kappa shape index (κ1) is 18.0. The Morgan fingerprint density at radius 2 is 2.04 bits per heavy atom. The summed E-state index contributed by atoms with van der Waals surface area (Å²) in [5, 5.41) is 3.48. The SMILES string of the molecule is CCSc1ccc(OCC2CC2)c(C2=CC(NC)C(N3CCCC3)=C2)c1. The molecule has 2 fully saturated rings. The van der Waals surface area contributed by atoms with Crippen molar-refractivity contribution in [2.45, 2.75) is 43.5 Å². The maximum Gasteiger partial charge on any atom is 0.127 e. The van der Waals surface area contributed by atoms with Crippen LogP contribution in [0, 0.1) is 5.92 Å². The maximum atomic E-state index is 6.22. The standard InChI is InChI=1S/C22H30N2OS/c1-3-26-18-8-9-22(25-15-16-6-7-16)19(14-18)17-12-20(23-2)21(13-17)24-10-4-5-11-24/h8-9,12-14,16,20,23H,3-7,10-11,15H2,1-2H3. The minimum absolute atomic E-state index is 0.307. The molecular weight excluding hydrogens is 340 g/mol. The van der Waals surface area contributed by atoms with Crippen LogP contribution < -0.4 is 10.1 Å². The molecule has 140 valence electrons. The highest BCUT2D eigenvalue weighted by Crippen LogP contribution is 2.38. The second-order valence-corrected chi connectivity index (χ2v) is 8.83. The van der Waals surface area contributed by atoms with Crippen LogP contribution in [0.1, 0.15) is 38.2 Å². The Balaban J connectivity index is 1.63. The van der Waals surface area contributed by atoms with Gasteiger partial charge in [-0.25, -0.2) is 0 Å². The smallest absolute Gasteiger partial charge is 0.127 e. The molecule has 1 saturated heterocycles. The number of nitrogens with one attached hydrogen (secondary N) is 1. The number of hydrogen-bond acceptors (Lipinski definition) is 4. The fourth-order valence-corrected chi connectivity index (χ4v) is 4.53. The lowest BCUT2D eigenvalue weighted by atomic mass is 10.1. The largest absolute Gasteiger partial charge is 0.493 e. The molecule has 0 aromatic heterocycles. The fourth-order valence-electron chi connectivity index (χ4n) is 3.83. The quantitative estimate of drug-likeness (QED) is 0.679. The van der Waals surface area contributed by atoms with Gasteiger partial charge in [0.05, 0.1) is 12.6 Å². The summed E-state index contributed by atoms with van der Waals surface area (Å²) in [5.74, 6) is 2.90. The number of ether oxygens (including phenoxy) is 1. The van der Waals surface area contributed by atoms with Crippen molar-refractivity contribution in [3.05, 3.63) is 41.6 Å². The Bertz CT molecular complexity index is 702. The summed E-state index contributed by atoms with van der Waals surface area (Å²) in [6.45, 7) is 5.43. The summed E-state index contributed by atoms with van der Waals surface area (Å²) in [6.07, 6.45) is 10.0. The molecule has 0 bridgehead atoms. The maximum absolute atomic E-state index is 6.22. The lowest BCUT2D eigenvalue weighted by Crippen LogP contribution is -2.32. The van der Waals surface area contributed by atoms with Crippen LogP contribution in [0.5, 0.6) is 5.75 Å². The normalized spacial score (nSPS) is 22.5. The van der Waals surface area contributed by atoms with Crippen molar-refractivity contribution in [1.82, 2.24) is 10.2 Å². The molecule has 3 aliphatic rings.